The van der Waals surface area contributed by atoms with E-state index >= 15 is 0 Å². The lowest BCUT2D eigenvalue weighted by molar-refractivity contribution is -0.0724. The molecule has 2 aromatic heterocycles. The molecule has 2 aliphatic carbocycles. The van der Waals surface area contributed by atoms with Gasteiger partial charge in [0.25, 0.3) is 0 Å². The molecule has 2 saturated heterocycles. The van der Waals surface area contributed by atoms with Gasteiger partial charge in [0.15, 0.2) is 5.65 Å². The second-order valence-corrected chi connectivity index (χ2v) is 8.31. The van der Waals surface area contributed by atoms with E-state index in [-0.39, 0.29) is 16.5 Å². The Kier molecular flexibility index (Phi) is 3.14. The molecule has 4 bridgehead atoms. The number of hydrogen-bond acceptors (Lipinski definition) is 4. The predicted molar refractivity (Wildman–Crippen MR) is 90.1 cm³/mol. The van der Waals surface area contributed by atoms with Gasteiger partial charge in [-0.3, -0.25) is 9.13 Å². The van der Waals surface area contributed by atoms with E-state index in [0.717, 1.165) is 38.0 Å². The van der Waals surface area contributed by atoms with Gasteiger partial charge in [0.2, 0.25) is 5.28 Å². The highest BCUT2D eigenvalue weighted by atomic mass is 35.5. The van der Waals surface area contributed by atoms with Gasteiger partial charge in [0.05, 0.1) is 11.7 Å². The van der Waals surface area contributed by atoms with Gasteiger partial charge in [0.1, 0.15) is 5.52 Å². The molecule has 24 heavy (non-hydrogen) atoms. The standard InChI is InChI=1S/C17H21ClN4O2/c1-21-13-7-19-15(18)20-14(13)22(16(21)23)17-4-10-2-11(5-17)8-24-9-12(3-10)6-17/h7,10-12H,2-6,8-9H2,1H3. The summed E-state index contributed by atoms with van der Waals surface area (Å²) in [6.07, 6.45) is 7.19. The molecule has 4 fully saturated rings. The largest absolute Gasteiger partial charge is 0.381 e. The van der Waals surface area contributed by atoms with E-state index < -0.39 is 0 Å². The SMILES string of the molecule is Cn1c(=O)n(C23CC4COCC(CC(C4)C2)C3)c2nc(Cl)ncc21. The van der Waals surface area contributed by atoms with Gasteiger partial charge in [-0.1, -0.05) is 0 Å². The molecule has 4 heterocycles. The number of imidazole rings is 1. The molecule has 6 rings (SSSR count). The minimum Gasteiger partial charge on any atom is -0.381 e. The van der Waals surface area contributed by atoms with Crippen molar-refractivity contribution < 1.29 is 4.74 Å². The van der Waals surface area contributed by atoms with Crippen LogP contribution in [-0.2, 0) is 17.3 Å². The minimum atomic E-state index is -0.144. The van der Waals surface area contributed by atoms with Crippen LogP contribution in [0.15, 0.2) is 11.0 Å². The van der Waals surface area contributed by atoms with E-state index in [0.29, 0.717) is 23.4 Å². The molecule has 7 heteroatoms. The first-order chi connectivity index (χ1) is 11.6. The second kappa shape index (κ2) is 5.05. The van der Waals surface area contributed by atoms with Crippen molar-refractivity contribution in [1.82, 2.24) is 19.1 Å². The number of nitrogens with zero attached hydrogens (tertiary/aromatic N) is 4. The summed E-state index contributed by atoms with van der Waals surface area (Å²) in [6, 6.07) is 0. The first-order valence-electron chi connectivity index (χ1n) is 8.74. The third-order valence-electron chi connectivity index (χ3n) is 6.29. The first kappa shape index (κ1) is 14.9. The molecule has 2 atom stereocenters. The zero-order valence-electron chi connectivity index (χ0n) is 13.7. The van der Waals surface area contributed by atoms with Gasteiger partial charge in [0, 0.05) is 20.3 Å². The van der Waals surface area contributed by atoms with Gasteiger partial charge >= 0.3 is 5.69 Å². The molecular weight excluding hydrogens is 328 g/mol. The highest BCUT2D eigenvalue weighted by Crippen LogP contribution is 2.53. The van der Waals surface area contributed by atoms with Crippen molar-refractivity contribution in [3.8, 4) is 0 Å². The average Bonchev–Trinajstić information content (AvgIpc) is 2.76. The number of ether oxygens (including phenoxy) is 1. The Balaban J connectivity index is 1.76. The highest BCUT2D eigenvalue weighted by Gasteiger charge is 2.50. The Labute approximate surface area is 144 Å². The number of aryl methyl sites for hydroxylation is 1. The van der Waals surface area contributed by atoms with Crippen molar-refractivity contribution in [1.29, 1.82) is 0 Å². The van der Waals surface area contributed by atoms with E-state index in [1.165, 1.54) is 12.8 Å². The summed E-state index contributed by atoms with van der Waals surface area (Å²) in [5, 5.41) is 0.199. The monoisotopic (exact) mass is 348 g/mol. The van der Waals surface area contributed by atoms with Gasteiger partial charge < -0.3 is 4.74 Å². The van der Waals surface area contributed by atoms with Crippen LogP contribution in [0.3, 0.4) is 0 Å². The molecule has 2 unspecified atom stereocenters. The lowest BCUT2D eigenvalue weighted by Gasteiger charge is -2.52. The van der Waals surface area contributed by atoms with Gasteiger partial charge in [-0.25, -0.2) is 9.78 Å². The Hall–Kier alpha value is -1.40. The van der Waals surface area contributed by atoms with Gasteiger partial charge in [-0.15, -0.1) is 0 Å². The Morgan fingerprint density at radius 1 is 1.21 bits per heavy atom. The van der Waals surface area contributed by atoms with Crippen molar-refractivity contribution in [2.45, 2.75) is 37.6 Å². The van der Waals surface area contributed by atoms with Crippen LogP contribution in [-0.4, -0.2) is 32.3 Å². The summed E-state index contributed by atoms with van der Waals surface area (Å²) < 4.78 is 9.50. The van der Waals surface area contributed by atoms with Crippen molar-refractivity contribution in [3.63, 3.8) is 0 Å². The molecule has 2 saturated carbocycles. The molecule has 0 radical (unpaired) electrons. The number of hydrogen-bond donors (Lipinski definition) is 0. The van der Waals surface area contributed by atoms with E-state index in [4.69, 9.17) is 16.3 Å². The Morgan fingerprint density at radius 3 is 2.58 bits per heavy atom. The molecule has 0 amide bonds. The fourth-order valence-electron chi connectivity index (χ4n) is 5.68. The molecule has 0 N–H and O–H groups in total. The molecule has 0 spiro atoms. The Bertz CT molecular complexity index is 857. The minimum absolute atomic E-state index is 0.00288. The quantitative estimate of drug-likeness (QED) is 0.742. The molecule has 2 aliphatic heterocycles. The molecule has 0 aromatic carbocycles. The maximum Gasteiger partial charge on any atom is 0.330 e. The number of aromatic nitrogens is 4. The van der Waals surface area contributed by atoms with Crippen LogP contribution >= 0.6 is 11.6 Å². The lowest BCUT2D eigenvalue weighted by Crippen LogP contribution is -2.53. The fourth-order valence-corrected chi connectivity index (χ4v) is 5.81. The zero-order chi connectivity index (χ0) is 16.5. The summed E-state index contributed by atoms with van der Waals surface area (Å²) in [7, 11) is 1.79. The first-order valence-corrected chi connectivity index (χ1v) is 9.12. The summed E-state index contributed by atoms with van der Waals surface area (Å²) >= 11 is 6.05. The van der Waals surface area contributed by atoms with Crippen LogP contribution in [0.25, 0.3) is 11.2 Å². The van der Waals surface area contributed by atoms with Crippen LogP contribution in [0, 0.1) is 17.8 Å². The fraction of sp³-hybridized carbons (Fsp3) is 0.706. The average molecular weight is 349 g/mol. The summed E-state index contributed by atoms with van der Waals surface area (Å²) in [6.45, 7) is 1.65. The third kappa shape index (κ3) is 2.02. The van der Waals surface area contributed by atoms with Crippen molar-refractivity contribution in [2.24, 2.45) is 24.8 Å². The second-order valence-electron chi connectivity index (χ2n) is 7.97. The van der Waals surface area contributed by atoms with Crippen LogP contribution in [0.1, 0.15) is 32.1 Å². The van der Waals surface area contributed by atoms with E-state index in [1.807, 2.05) is 4.57 Å². The third-order valence-corrected chi connectivity index (χ3v) is 6.47. The number of rotatable bonds is 1. The van der Waals surface area contributed by atoms with E-state index in [1.54, 1.807) is 17.8 Å². The van der Waals surface area contributed by atoms with E-state index in [2.05, 4.69) is 9.97 Å². The maximum atomic E-state index is 13.1. The van der Waals surface area contributed by atoms with E-state index in [9.17, 15) is 4.79 Å². The van der Waals surface area contributed by atoms with Crippen molar-refractivity contribution in [2.75, 3.05) is 13.2 Å². The Morgan fingerprint density at radius 2 is 1.88 bits per heavy atom. The lowest BCUT2D eigenvalue weighted by atomic mass is 9.60. The predicted octanol–water partition coefficient (Wildman–Crippen LogP) is 2.34. The normalized spacial score (nSPS) is 35.3. The van der Waals surface area contributed by atoms with Crippen LogP contribution in [0.4, 0.5) is 0 Å². The summed E-state index contributed by atoms with van der Waals surface area (Å²) in [4.78, 5) is 21.6. The van der Waals surface area contributed by atoms with Crippen LogP contribution in [0.2, 0.25) is 5.28 Å². The van der Waals surface area contributed by atoms with Crippen LogP contribution in [0.5, 0.6) is 0 Å². The highest BCUT2D eigenvalue weighted by molar-refractivity contribution is 6.28. The van der Waals surface area contributed by atoms with Crippen molar-refractivity contribution >= 4 is 22.8 Å². The molecule has 128 valence electrons. The smallest absolute Gasteiger partial charge is 0.330 e. The van der Waals surface area contributed by atoms with Gasteiger partial charge in [-0.2, -0.15) is 4.98 Å². The topological polar surface area (TPSA) is 61.9 Å². The molecular formula is C17H21ClN4O2. The zero-order valence-corrected chi connectivity index (χ0v) is 14.5. The maximum absolute atomic E-state index is 13.1. The molecule has 6 nitrogen and oxygen atoms in total. The van der Waals surface area contributed by atoms with Gasteiger partial charge in [-0.05, 0) is 61.5 Å². The summed E-state index contributed by atoms with van der Waals surface area (Å²) in [5.74, 6) is 1.75. The molecule has 2 aromatic rings. The number of halogens is 1. The molecule has 4 aliphatic rings. The van der Waals surface area contributed by atoms with Crippen LogP contribution < -0.4 is 5.69 Å². The number of fused-ring (bicyclic) bond motifs is 3. The van der Waals surface area contributed by atoms with Crippen molar-refractivity contribution in [3.05, 3.63) is 22.0 Å². The summed E-state index contributed by atoms with van der Waals surface area (Å²) in [5.41, 5.74) is 1.30.